The fraction of sp³-hybridized carbons (Fsp3) is 0. The number of aromatic hydroxyl groups is 1. The van der Waals surface area contributed by atoms with Crippen LogP contribution >= 0.6 is 24.0 Å². The predicted octanol–water partition coefficient (Wildman–Crippen LogP) is 3.50. The van der Waals surface area contributed by atoms with Crippen LogP contribution in [0.4, 0.5) is 5.69 Å². The molecule has 1 fully saturated rings. The number of hydrogen-bond donors (Lipinski definition) is 2. The number of carboxylic acid groups (broad SMARTS) is 1. The van der Waals surface area contributed by atoms with Crippen LogP contribution in [0, 0.1) is 0 Å². The molecule has 2 aromatic rings. The van der Waals surface area contributed by atoms with Crippen LogP contribution in [-0.2, 0) is 4.79 Å². The molecule has 1 heterocycles. The number of carbonyl (C=O) groups is 2. The van der Waals surface area contributed by atoms with Gasteiger partial charge in [0.1, 0.15) is 5.75 Å². The third-order valence-electron chi connectivity index (χ3n) is 3.37. The van der Waals surface area contributed by atoms with Gasteiger partial charge < -0.3 is 10.2 Å². The van der Waals surface area contributed by atoms with Gasteiger partial charge in [0.2, 0.25) is 0 Å². The number of aromatic carboxylic acids is 1. The largest absolute Gasteiger partial charge is 0.507 e. The number of carbonyl (C=O) groups excluding carboxylic acids is 1. The van der Waals surface area contributed by atoms with E-state index < -0.39 is 5.97 Å². The van der Waals surface area contributed by atoms with Crippen molar-refractivity contribution in [1.82, 2.24) is 0 Å². The highest BCUT2D eigenvalue weighted by molar-refractivity contribution is 8.27. The molecule has 3 rings (SSSR count). The van der Waals surface area contributed by atoms with E-state index in [1.165, 1.54) is 23.1 Å². The Morgan fingerprint density at radius 3 is 2.62 bits per heavy atom. The minimum Gasteiger partial charge on any atom is -0.507 e. The molecule has 24 heavy (non-hydrogen) atoms. The number of carboxylic acids is 1. The molecule has 0 spiro atoms. The zero-order valence-corrected chi connectivity index (χ0v) is 13.8. The lowest BCUT2D eigenvalue weighted by Crippen LogP contribution is -2.27. The summed E-state index contributed by atoms with van der Waals surface area (Å²) >= 11 is 6.36. The number of nitrogens with zero attached hydrogens (tertiary/aromatic N) is 1. The normalized spacial score (nSPS) is 16.0. The van der Waals surface area contributed by atoms with Crippen LogP contribution in [0.5, 0.6) is 5.75 Å². The standard InChI is InChI=1S/C17H11NO4S2/c19-13-7-2-1-4-10(13)9-14-15(20)18(17(23)24-14)12-6-3-5-11(8-12)16(21)22/h1-9,19H,(H,21,22)/b14-9-. The highest BCUT2D eigenvalue weighted by atomic mass is 32.2. The molecule has 1 aliphatic heterocycles. The maximum absolute atomic E-state index is 12.6. The highest BCUT2D eigenvalue weighted by Gasteiger charge is 2.33. The summed E-state index contributed by atoms with van der Waals surface area (Å²) < 4.78 is 0.309. The molecule has 1 saturated heterocycles. The molecule has 5 nitrogen and oxygen atoms in total. The number of para-hydroxylation sites is 1. The van der Waals surface area contributed by atoms with Gasteiger partial charge in [0, 0.05) is 5.56 Å². The quantitative estimate of drug-likeness (QED) is 0.647. The van der Waals surface area contributed by atoms with Crippen LogP contribution in [0.15, 0.2) is 53.4 Å². The van der Waals surface area contributed by atoms with E-state index in [0.29, 0.717) is 20.5 Å². The van der Waals surface area contributed by atoms with Gasteiger partial charge in [0.25, 0.3) is 5.91 Å². The van der Waals surface area contributed by atoms with E-state index in [-0.39, 0.29) is 17.2 Å². The van der Waals surface area contributed by atoms with Crippen molar-refractivity contribution in [2.24, 2.45) is 0 Å². The second-order valence-corrected chi connectivity index (χ2v) is 6.61. The highest BCUT2D eigenvalue weighted by Crippen LogP contribution is 2.37. The minimum absolute atomic E-state index is 0.0654. The average molecular weight is 357 g/mol. The first-order valence-electron chi connectivity index (χ1n) is 6.86. The van der Waals surface area contributed by atoms with Crippen LogP contribution in [-0.4, -0.2) is 26.4 Å². The number of rotatable bonds is 3. The van der Waals surface area contributed by atoms with Crippen molar-refractivity contribution in [3.63, 3.8) is 0 Å². The van der Waals surface area contributed by atoms with Crippen molar-refractivity contribution in [2.45, 2.75) is 0 Å². The summed E-state index contributed by atoms with van der Waals surface area (Å²) in [6, 6.07) is 12.7. The summed E-state index contributed by atoms with van der Waals surface area (Å²) in [5.74, 6) is -1.36. The van der Waals surface area contributed by atoms with Gasteiger partial charge in [-0.05, 0) is 30.3 Å². The summed E-state index contributed by atoms with van der Waals surface area (Å²) in [7, 11) is 0. The van der Waals surface area contributed by atoms with Crippen LogP contribution in [0.3, 0.4) is 0 Å². The number of thiocarbonyl (C=S) groups is 1. The van der Waals surface area contributed by atoms with Crippen molar-refractivity contribution in [2.75, 3.05) is 4.90 Å². The molecule has 0 saturated carbocycles. The molecule has 0 radical (unpaired) electrons. The Morgan fingerprint density at radius 1 is 1.17 bits per heavy atom. The third-order valence-corrected chi connectivity index (χ3v) is 4.67. The third kappa shape index (κ3) is 3.04. The van der Waals surface area contributed by atoms with Crippen LogP contribution in [0.25, 0.3) is 6.08 Å². The molecule has 0 aliphatic carbocycles. The van der Waals surface area contributed by atoms with E-state index in [9.17, 15) is 14.7 Å². The van der Waals surface area contributed by atoms with E-state index in [1.807, 2.05) is 0 Å². The number of benzene rings is 2. The fourth-order valence-electron chi connectivity index (χ4n) is 2.22. The first-order valence-corrected chi connectivity index (χ1v) is 8.09. The van der Waals surface area contributed by atoms with Crippen molar-refractivity contribution in [3.8, 4) is 5.75 Å². The number of phenols is 1. The van der Waals surface area contributed by atoms with Gasteiger partial charge in [0.15, 0.2) is 4.32 Å². The van der Waals surface area contributed by atoms with E-state index in [1.54, 1.807) is 36.4 Å². The number of thioether (sulfide) groups is 1. The maximum atomic E-state index is 12.6. The van der Waals surface area contributed by atoms with Gasteiger partial charge in [-0.3, -0.25) is 9.69 Å². The molecular weight excluding hydrogens is 346 g/mol. The Balaban J connectivity index is 1.97. The van der Waals surface area contributed by atoms with E-state index in [0.717, 1.165) is 11.8 Å². The van der Waals surface area contributed by atoms with E-state index in [2.05, 4.69) is 0 Å². The minimum atomic E-state index is -1.08. The van der Waals surface area contributed by atoms with Gasteiger partial charge in [-0.15, -0.1) is 0 Å². The number of amides is 1. The van der Waals surface area contributed by atoms with Crippen LogP contribution < -0.4 is 4.90 Å². The molecule has 0 atom stereocenters. The molecule has 0 aromatic heterocycles. The van der Waals surface area contributed by atoms with Crippen molar-refractivity contribution in [1.29, 1.82) is 0 Å². The van der Waals surface area contributed by atoms with Gasteiger partial charge in [-0.2, -0.15) is 0 Å². The fourth-order valence-corrected chi connectivity index (χ4v) is 3.51. The Bertz CT molecular complexity index is 892. The molecule has 0 unspecified atom stereocenters. The number of hydrogen-bond acceptors (Lipinski definition) is 5. The lowest BCUT2D eigenvalue weighted by atomic mass is 10.1. The Hall–Kier alpha value is -2.64. The summed E-state index contributed by atoms with van der Waals surface area (Å²) in [6.45, 7) is 0. The summed E-state index contributed by atoms with van der Waals surface area (Å²) in [4.78, 5) is 25.4. The van der Waals surface area contributed by atoms with Gasteiger partial charge in [-0.1, -0.05) is 48.2 Å². The second kappa shape index (κ2) is 6.46. The topological polar surface area (TPSA) is 77.8 Å². The zero-order chi connectivity index (χ0) is 17.3. The summed E-state index contributed by atoms with van der Waals surface area (Å²) in [6.07, 6.45) is 1.57. The Morgan fingerprint density at radius 2 is 1.92 bits per heavy atom. The first kappa shape index (κ1) is 16.2. The molecule has 1 aliphatic rings. The Kier molecular flexibility index (Phi) is 4.37. The van der Waals surface area contributed by atoms with Crippen molar-refractivity contribution < 1.29 is 19.8 Å². The van der Waals surface area contributed by atoms with Gasteiger partial charge >= 0.3 is 5.97 Å². The smallest absolute Gasteiger partial charge is 0.335 e. The lowest BCUT2D eigenvalue weighted by molar-refractivity contribution is -0.113. The van der Waals surface area contributed by atoms with Crippen LogP contribution in [0.2, 0.25) is 0 Å². The average Bonchev–Trinajstić information content (AvgIpc) is 2.83. The predicted molar refractivity (Wildman–Crippen MR) is 97.2 cm³/mol. The monoisotopic (exact) mass is 357 g/mol. The molecule has 2 aromatic carbocycles. The van der Waals surface area contributed by atoms with Crippen molar-refractivity contribution >= 4 is 51.9 Å². The molecule has 0 bridgehead atoms. The number of phenolic OH excluding ortho intramolecular Hbond substituents is 1. The molecular formula is C17H11NO4S2. The Labute approximate surface area is 147 Å². The molecule has 120 valence electrons. The van der Waals surface area contributed by atoms with E-state index >= 15 is 0 Å². The van der Waals surface area contributed by atoms with Gasteiger partial charge in [0.05, 0.1) is 16.2 Å². The maximum Gasteiger partial charge on any atom is 0.335 e. The van der Waals surface area contributed by atoms with Gasteiger partial charge in [-0.25, -0.2) is 4.79 Å². The number of anilines is 1. The zero-order valence-electron chi connectivity index (χ0n) is 12.2. The van der Waals surface area contributed by atoms with Crippen LogP contribution in [0.1, 0.15) is 15.9 Å². The first-order chi connectivity index (χ1) is 11.5. The second-order valence-electron chi connectivity index (χ2n) is 4.93. The summed E-state index contributed by atoms with van der Waals surface area (Å²) in [5.41, 5.74) is 0.988. The molecule has 7 heteroatoms. The lowest BCUT2D eigenvalue weighted by Gasteiger charge is -2.14. The van der Waals surface area contributed by atoms with E-state index in [4.69, 9.17) is 17.3 Å². The molecule has 1 amide bonds. The van der Waals surface area contributed by atoms with Crippen molar-refractivity contribution in [3.05, 3.63) is 64.6 Å². The molecule has 2 N–H and O–H groups in total. The SMILES string of the molecule is O=C(O)c1cccc(N2C(=O)/C(=C/c3ccccc3O)SC2=S)c1. The summed E-state index contributed by atoms with van der Waals surface area (Å²) in [5, 5.41) is 18.9.